The van der Waals surface area contributed by atoms with Crippen LogP contribution < -0.4 is 16.0 Å². The van der Waals surface area contributed by atoms with Gasteiger partial charge in [-0.1, -0.05) is 39.0 Å². The fourth-order valence-electron chi connectivity index (χ4n) is 1.54. The first kappa shape index (κ1) is 13.5. The lowest BCUT2D eigenvalue weighted by Gasteiger charge is -2.22. The zero-order chi connectivity index (χ0) is 12.9. The van der Waals surface area contributed by atoms with Crippen LogP contribution in [-0.2, 0) is 10.2 Å². The number of ether oxygens (including phenoxy) is 1. The van der Waals surface area contributed by atoms with Gasteiger partial charge in [0, 0.05) is 0 Å². The topological polar surface area (TPSA) is 64.3 Å². The summed E-state index contributed by atoms with van der Waals surface area (Å²) in [4.78, 5) is 11.0. The summed E-state index contributed by atoms with van der Waals surface area (Å²) < 4.78 is 5.62. The highest BCUT2D eigenvalue weighted by molar-refractivity contribution is 5.75. The zero-order valence-corrected chi connectivity index (χ0v) is 10.6. The third kappa shape index (κ3) is 4.07. The second kappa shape index (κ2) is 5.68. The first-order valence-corrected chi connectivity index (χ1v) is 5.67. The fraction of sp³-hybridized carbons (Fsp3) is 0.462. The maximum absolute atomic E-state index is 11.0. The average Bonchev–Trinajstić information content (AvgIpc) is 2.28. The molecule has 0 aliphatic heterocycles. The Labute approximate surface area is 102 Å². The zero-order valence-electron chi connectivity index (χ0n) is 10.6. The third-order valence-corrected chi connectivity index (χ3v) is 2.44. The van der Waals surface area contributed by atoms with E-state index in [2.05, 4.69) is 26.2 Å². The maximum Gasteiger partial charge on any atom is 0.237 e. The Kier molecular flexibility index (Phi) is 4.52. The standard InChI is InChI=1S/C13H20N2O2/c1-13(2,3)10-6-4-5-7-11(10)17-9-8-12(16)15-14/h4-7H,8-9,14H2,1-3H3,(H,15,16). The number of hydrogen-bond donors (Lipinski definition) is 2. The van der Waals surface area contributed by atoms with Crippen molar-refractivity contribution < 1.29 is 9.53 Å². The van der Waals surface area contributed by atoms with Gasteiger partial charge in [0.05, 0.1) is 13.0 Å². The fourth-order valence-corrected chi connectivity index (χ4v) is 1.54. The Morgan fingerprint density at radius 1 is 1.35 bits per heavy atom. The van der Waals surface area contributed by atoms with Crippen molar-refractivity contribution in [3.63, 3.8) is 0 Å². The van der Waals surface area contributed by atoms with Crippen molar-refractivity contribution in [1.82, 2.24) is 5.43 Å². The van der Waals surface area contributed by atoms with E-state index < -0.39 is 0 Å². The van der Waals surface area contributed by atoms with Gasteiger partial charge in [-0.2, -0.15) is 0 Å². The van der Waals surface area contributed by atoms with Gasteiger partial charge in [0.25, 0.3) is 0 Å². The lowest BCUT2D eigenvalue weighted by molar-refractivity contribution is -0.121. The summed E-state index contributed by atoms with van der Waals surface area (Å²) in [5, 5.41) is 0. The number of rotatable bonds is 4. The van der Waals surface area contributed by atoms with Gasteiger partial charge < -0.3 is 4.74 Å². The van der Waals surface area contributed by atoms with Crippen LogP contribution >= 0.6 is 0 Å². The van der Waals surface area contributed by atoms with Gasteiger partial charge in [-0.05, 0) is 17.0 Å². The van der Waals surface area contributed by atoms with Crippen LogP contribution in [-0.4, -0.2) is 12.5 Å². The number of hydrogen-bond acceptors (Lipinski definition) is 3. The Balaban J connectivity index is 2.68. The molecule has 0 radical (unpaired) electrons. The molecule has 0 saturated carbocycles. The van der Waals surface area contributed by atoms with Crippen LogP contribution in [0.4, 0.5) is 0 Å². The van der Waals surface area contributed by atoms with Crippen LogP contribution in [0.25, 0.3) is 0 Å². The molecule has 94 valence electrons. The number of nitrogens with one attached hydrogen (secondary N) is 1. The highest BCUT2D eigenvalue weighted by Gasteiger charge is 2.18. The normalized spacial score (nSPS) is 11.1. The van der Waals surface area contributed by atoms with Gasteiger partial charge in [-0.3, -0.25) is 10.2 Å². The van der Waals surface area contributed by atoms with E-state index in [9.17, 15) is 4.79 Å². The number of hydrazine groups is 1. The molecule has 0 atom stereocenters. The molecule has 4 nitrogen and oxygen atoms in total. The molecule has 0 unspecified atom stereocenters. The molecule has 3 N–H and O–H groups in total. The third-order valence-electron chi connectivity index (χ3n) is 2.44. The Morgan fingerprint density at radius 3 is 2.59 bits per heavy atom. The first-order valence-electron chi connectivity index (χ1n) is 5.67. The van der Waals surface area contributed by atoms with E-state index in [4.69, 9.17) is 10.6 Å². The van der Waals surface area contributed by atoms with Gasteiger partial charge >= 0.3 is 0 Å². The summed E-state index contributed by atoms with van der Waals surface area (Å²) in [6.45, 7) is 6.71. The Bertz CT molecular complexity index is 383. The molecule has 1 aromatic rings. The monoisotopic (exact) mass is 236 g/mol. The summed E-state index contributed by atoms with van der Waals surface area (Å²) >= 11 is 0. The van der Waals surface area contributed by atoms with E-state index in [1.54, 1.807) is 0 Å². The van der Waals surface area contributed by atoms with Crippen LogP contribution in [0.15, 0.2) is 24.3 Å². The van der Waals surface area contributed by atoms with Crippen molar-refractivity contribution in [2.24, 2.45) is 5.84 Å². The Morgan fingerprint density at radius 2 is 2.00 bits per heavy atom. The first-order chi connectivity index (χ1) is 7.95. The van der Waals surface area contributed by atoms with Gasteiger partial charge in [-0.25, -0.2) is 5.84 Å². The molecule has 4 heteroatoms. The maximum atomic E-state index is 11.0. The van der Waals surface area contributed by atoms with E-state index in [0.29, 0.717) is 6.61 Å². The molecule has 1 amide bonds. The minimum absolute atomic E-state index is 0.0206. The van der Waals surface area contributed by atoms with E-state index >= 15 is 0 Å². The molecule has 1 aromatic carbocycles. The van der Waals surface area contributed by atoms with Crippen LogP contribution in [0.3, 0.4) is 0 Å². The number of nitrogens with two attached hydrogens (primary N) is 1. The predicted octanol–water partition coefficient (Wildman–Crippen LogP) is 1.74. The molecule has 0 aromatic heterocycles. The van der Waals surface area contributed by atoms with Crippen LogP contribution in [0.2, 0.25) is 0 Å². The molecule has 0 spiro atoms. The Hall–Kier alpha value is -1.55. The molecule has 0 saturated heterocycles. The molecule has 0 aliphatic carbocycles. The molecule has 0 fully saturated rings. The largest absolute Gasteiger partial charge is 0.493 e. The van der Waals surface area contributed by atoms with Gasteiger partial charge in [-0.15, -0.1) is 0 Å². The van der Waals surface area contributed by atoms with E-state index in [-0.39, 0.29) is 17.7 Å². The highest BCUT2D eigenvalue weighted by atomic mass is 16.5. The molecule has 0 aliphatic rings. The summed E-state index contributed by atoms with van der Waals surface area (Å²) in [6, 6.07) is 7.87. The number of carbonyl (C=O) groups excluding carboxylic acids is 1. The van der Waals surface area contributed by atoms with Gasteiger partial charge in [0.2, 0.25) is 5.91 Å². The van der Waals surface area contributed by atoms with Gasteiger partial charge in [0.1, 0.15) is 5.75 Å². The predicted molar refractivity (Wildman–Crippen MR) is 67.6 cm³/mol. The van der Waals surface area contributed by atoms with Gasteiger partial charge in [0.15, 0.2) is 0 Å². The van der Waals surface area contributed by atoms with Crippen molar-refractivity contribution in [3.8, 4) is 5.75 Å². The van der Waals surface area contributed by atoms with Crippen LogP contribution in [0, 0.1) is 0 Å². The van der Waals surface area contributed by atoms with E-state index in [1.165, 1.54) is 0 Å². The van der Waals surface area contributed by atoms with Crippen molar-refractivity contribution >= 4 is 5.91 Å². The van der Waals surface area contributed by atoms with Crippen molar-refractivity contribution in [2.75, 3.05) is 6.61 Å². The lowest BCUT2D eigenvalue weighted by Crippen LogP contribution is -2.31. The average molecular weight is 236 g/mol. The molecular formula is C13H20N2O2. The van der Waals surface area contributed by atoms with Crippen LogP contribution in [0.1, 0.15) is 32.8 Å². The number of benzene rings is 1. The van der Waals surface area contributed by atoms with Crippen molar-refractivity contribution in [1.29, 1.82) is 0 Å². The SMILES string of the molecule is CC(C)(C)c1ccccc1OCCC(=O)NN. The summed E-state index contributed by atoms with van der Waals surface area (Å²) in [5.74, 6) is 5.60. The summed E-state index contributed by atoms with van der Waals surface area (Å²) in [5.41, 5.74) is 3.23. The molecule has 0 bridgehead atoms. The molecule has 17 heavy (non-hydrogen) atoms. The number of amides is 1. The summed E-state index contributed by atoms with van der Waals surface area (Å²) in [7, 11) is 0. The van der Waals surface area contributed by atoms with E-state index in [1.807, 2.05) is 24.3 Å². The van der Waals surface area contributed by atoms with Crippen molar-refractivity contribution in [3.05, 3.63) is 29.8 Å². The number of para-hydroxylation sites is 1. The van der Waals surface area contributed by atoms with Crippen LogP contribution in [0.5, 0.6) is 5.75 Å². The molecule has 1 rings (SSSR count). The molecular weight excluding hydrogens is 216 g/mol. The van der Waals surface area contributed by atoms with E-state index in [0.717, 1.165) is 11.3 Å². The lowest BCUT2D eigenvalue weighted by atomic mass is 9.86. The number of carbonyl (C=O) groups is 1. The highest BCUT2D eigenvalue weighted by Crippen LogP contribution is 2.30. The minimum Gasteiger partial charge on any atom is -0.493 e. The summed E-state index contributed by atoms with van der Waals surface area (Å²) in [6.07, 6.45) is 0.259. The smallest absolute Gasteiger partial charge is 0.237 e. The quantitative estimate of drug-likeness (QED) is 0.475. The second-order valence-electron chi connectivity index (χ2n) is 4.91. The minimum atomic E-state index is -0.224. The second-order valence-corrected chi connectivity index (χ2v) is 4.91. The molecule has 0 heterocycles. The van der Waals surface area contributed by atoms with Crippen molar-refractivity contribution in [2.45, 2.75) is 32.6 Å².